The van der Waals surface area contributed by atoms with Crippen LogP contribution in [0.5, 0.6) is 0 Å². The first-order chi connectivity index (χ1) is 10.2. The van der Waals surface area contributed by atoms with E-state index in [2.05, 4.69) is 32.8 Å². The van der Waals surface area contributed by atoms with Gasteiger partial charge in [0, 0.05) is 30.9 Å². The Bertz CT molecular complexity index is 446. The maximum Gasteiger partial charge on any atom is 0.132 e. The first-order valence-electron chi connectivity index (χ1n) is 8.53. The Morgan fingerprint density at radius 2 is 1.71 bits per heavy atom. The van der Waals surface area contributed by atoms with Crippen molar-refractivity contribution in [2.75, 3.05) is 31.1 Å². The number of aryl methyl sites for hydroxylation is 2. The summed E-state index contributed by atoms with van der Waals surface area (Å²) in [7, 11) is 0. The second-order valence-electron chi connectivity index (χ2n) is 6.61. The molecule has 0 bridgehead atoms. The largest absolute Gasteiger partial charge is 0.355 e. The molecule has 0 amide bonds. The minimum absolute atomic E-state index is 0.715. The van der Waals surface area contributed by atoms with Crippen LogP contribution in [0.15, 0.2) is 6.07 Å². The highest BCUT2D eigenvalue weighted by Gasteiger charge is 2.26. The minimum Gasteiger partial charge on any atom is -0.355 e. The van der Waals surface area contributed by atoms with Crippen LogP contribution >= 0.6 is 0 Å². The number of aromatic nitrogens is 2. The minimum atomic E-state index is 0.715. The van der Waals surface area contributed by atoms with Crippen molar-refractivity contribution in [1.29, 1.82) is 0 Å². The van der Waals surface area contributed by atoms with Crippen molar-refractivity contribution in [2.45, 2.75) is 58.4 Å². The first-order valence-corrected chi connectivity index (χ1v) is 8.53. The molecule has 3 heterocycles. The van der Waals surface area contributed by atoms with Gasteiger partial charge in [0.15, 0.2) is 0 Å². The van der Waals surface area contributed by atoms with Crippen LogP contribution in [-0.4, -0.2) is 47.1 Å². The summed E-state index contributed by atoms with van der Waals surface area (Å²) in [5.41, 5.74) is 1.08. The Labute approximate surface area is 128 Å². The third kappa shape index (κ3) is 3.73. The molecule has 2 fully saturated rings. The molecule has 2 aliphatic heterocycles. The third-order valence-electron chi connectivity index (χ3n) is 4.83. The fourth-order valence-electron chi connectivity index (χ4n) is 3.78. The topological polar surface area (TPSA) is 32.3 Å². The van der Waals surface area contributed by atoms with E-state index in [0.29, 0.717) is 6.04 Å². The summed E-state index contributed by atoms with van der Waals surface area (Å²) in [6.07, 6.45) is 8.21. The lowest BCUT2D eigenvalue weighted by molar-refractivity contribution is 0.182. The van der Waals surface area contributed by atoms with Gasteiger partial charge in [-0.2, -0.15) is 0 Å². The Hall–Kier alpha value is -1.16. The van der Waals surface area contributed by atoms with E-state index in [1.54, 1.807) is 0 Å². The maximum atomic E-state index is 4.65. The summed E-state index contributed by atoms with van der Waals surface area (Å²) >= 11 is 0. The number of rotatable bonds is 2. The van der Waals surface area contributed by atoms with Crippen LogP contribution < -0.4 is 4.90 Å². The van der Waals surface area contributed by atoms with Crippen molar-refractivity contribution in [1.82, 2.24) is 14.9 Å². The van der Waals surface area contributed by atoms with Crippen molar-refractivity contribution < 1.29 is 0 Å². The molecule has 0 N–H and O–H groups in total. The molecule has 0 saturated carbocycles. The molecule has 1 unspecified atom stereocenters. The summed E-state index contributed by atoms with van der Waals surface area (Å²) in [6, 6.07) is 2.85. The Kier molecular flexibility index (Phi) is 4.73. The average Bonchev–Trinajstić information content (AvgIpc) is 2.75. The van der Waals surface area contributed by atoms with Crippen LogP contribution in [0, 0.1) is 13.8 Å². The van der Waals surface area contributed by atoms with Gasteiger partial charge in [0.05, 0.1) is 0 Å². The molecule has 21 heavy (non-hydrogen) atoms. The second-order valence-corrected chi connectivity index (χ2v) is 6.61. The smallest absolute Gasteiger partial charge is 0.132 e. The molecule has 1 aromatic heterocycles. The predicted octanol–water partition coefficient (Wildman–Crippen LogP) is 2.94. The number of hydrogen-bond donors (Lipinski definition) is 0. The van der Waals surface area contributed by atoms with Crippen LogP contribution in [0.3, 0.4) is 0 Å². The maximum absolute atomic E-state index is 4.65. The van der Waals surface area contributed by atoms with Gasteiger partial charge in [0.1, 0.15) is 11.6 Å². The molecule has 2 aliphatic rings. The highest BCUT2D eigenvalue weighted by atomic mass is 15.3. The zero-order valence-corrected chi connectivity index (χ0v) is 13.5. The molecule has 0 aliphatic carbocycles. The molecule has 0 radical (unpaired) electrons. The van der Waals surface area contributed by atoms with Crippen LogP contribution in [-0.2, 0) is 0 Å². The van der Waals surface area contributed by atoms with Crippen molar-refractivity contribution in [3.63, 3.8) is 0 Å². The second kappa shape index (κ2) is 6.73. The van der Waals surface area contributed by atoms with Crippen LogP contribution in [0.25, 0.3) is 0 Å². The highest BCUT2D eigenvalue weighted by molar-refractivity contribution is 5.40. The van der Waals surface area contributed by atoms with Gasteiger partial charge < -0.3 is 4.90 Å². The molecule has 2 saturated heterocycles. The normalized spacial score (nSPS) is 24.9. The van der Waals surface area contributed by atoms with Crippen LogP contribution in [0.2, 0.25) is 0 Å². The van der Waals surface area contributed by atoms with Gasteiger partial charge in [-0.1, -0.05) is 12.8 Å². The van der Waals surface area contributed by atoms with E-state index in [1.165, 1.54) is 51.6 Å². The van der Waals surface area contributed by atoms with Crippen molar-refractivity contribution in [2.24, 2.45) is 0 Å². The van der Waals surface area contributed by atoms with Gasteiger partial charge in [-0.25, -0.2) is 9.97 Å². The van der Waals surface area contributed by atoms with E-state index in [9.17, 15) is 0 Å². The Morgan fingerprint density at radius 3 is 2.43 bits per heavy atom. The Morgan fingerprint density at radius 1 is 0.952 bits per heavy atom. The quantitative estimate of drug-likeness (QED) is 0.837. The molecular weight excluding hydrogens is 260 g/mol. The van der Waals surface area contributed by atoms with Gasteiger partial charge in [0.2, 0.25) is 0 Å². The summed E-state index contributed by atoms with van der Waals surface area (Å²) in [5, 5.41) is 0. The van der Waals surface area contributed by atoms with E-state index < -0.39 is 0 Å². The zero-order valence-electron chi connectivity index (χ0n) is 13.5. The van der Waals surface area contributed by atoms with Crippen molar-refractivity contribution in [3.8, 4) is 0 Å². The number of likely N-dealkylation sites (tertiary alicyclic amines) is 1. The van der Waals surface area contributed by atoms with E-state index in [1.807, 2.05) is 6.92 Å². The van der Waals surface area contributed by atoms with Crippen LogP contribution in [0.1, 0.15) is 50.0 Å². The lowest BCUT2D eigenvalue weighted by Crippen LogP contribution is -2.48. The average molecular weight is 288 g/mol. The number of anilines is 1. The third-order valence-corrected chi connectivity index (χ3v) is 4.83. The van der Waals surface area contributed by atoms with E-state index >= 15 is 0 Å². The van der Waals surface area contributed by atoms with Crippen molar-refractivity contribution >= 4 is 5.82 Å². The molecule has 1 aromatic rings. The summed E-state index contributed by atoms with van der Waals surface area (Å²) in [5.74, 6) is 2.02. The fraction of sp³-hybridized carbons (Fsp3) is 0.765. The zero-order chi connectivity index (χ0) is 14.7. The lowest BCUT2D eigenvalue weighted by Gasteiger charge is -2.39. The standard InChI is InChI=1S/C17H28N4/c1-14-12-17(19-15(2)18-14)21-11-7-8-16(13-21)20-9-5-3-4-6-10-20/h12,16H,3-11,13H2,1-2H3. The number of nitrogens with zero attached hydrogens (tertiary/aromatic N) is 4. The van der Waals surface area contributed by atoms with E-state index in [0.717, 1.165) is 30.4 Å². The van der Waals surface area contributed by atoms with Gasteiger partial charge >= 0.3 is 0 Å². The van der Waals surface area contributed by atoms with Gasteiger partial charge in [0.25, 0.3) is 0 Å². The molecule has 116 valence electrons. The van der Waals surface area contributed by atoms with Crippen molar-refractivity contribution in [3.05, 3.63) is 17.6 Å². The van der Waals surface area contributed by atoms with Gasteiger partial charge in [-0.3, -0.25) is 4.90 Å². The summed E-state index contributed by atoms with van der Waals surface area (Å²) in [4.78, 5) is 14.3. The molecule has 4 nitrogen and oxygen atoms in total. The molecule has 0 spiro atoms. The van der Waals surface area contributed by atoms with Gasteiger partial charge in [-0.05, 0) is 52.6 Å². The first kappa shape index (κ1) is 14.8. The molecule has 1 atom stereocenters. The molecule has 3 rings (SSSR count). The molecule has 0 aromatic carbocycles. The molecular formula is C17H28N4. The SMILES string of the molecule is Cc1cc(N2CCCC(N3CCCCCC3)C2)nc(C)n1. The predicted molar refractivity (Wildman–Crippen MR) is 86.8 cm³/mol. The highest BCUT2D eigenvalue weighted by Crippen LogP contribution is 2.23. The van der Waals surface area contributed by atoms with E-state index in [-0.39, 0.29) is 0 Å². The number of hydrogen-bond acceptors (Lipinski definition) is 4. The summed E-state index contributed by atoms with van der Waals surface area (Å²) in [6.45, 7) is 8.91. The van der Waals surface area contributed by atoms with Gasteiger partial charge in [-0.15, -0.1) is 0 Å². The Balaban J connectivity index is 1.69. The lowest BCUT2D eigenvalue weighted by atomic mass is 10.0. The molecule has 4 heteroatoms. The van der Waals surface area contributed by atoms with Crippen LogP contribution in [0.4, 0.5) is 5.82 Å². The van der Waals surface area contributed by atoms with E-state index in [4.69, 9.17) is 0 Å². The monoisotopic (exact) mass is 288 g/mol. The fourth-order valence-corrected chi connectivity index (χ4v) is 3.78. The summed E-state index contributed by atoms with van der Waals surface area (Å²) < 4.78 is 0. The number of piperidine rings is 1.